The molecule has 5 heteroatoms. The Morgan fingerprint density at radius 2 is 1.95 bits per heavy atom. The maximum atomic E-state index is 12.5. The number of hydrogen-bond donors (Lipinski definition) is 2. The first-order chi connectivity index (χ1) is 9.50. The molecule has 5 nitrogen and oxygen atoms in total. The Kier molecular flexibility index (Phi) is 4.89. The lowest BCUT2D eigenvalue weighted by Crippen LogP contribution is -2.54. The number of amides is 2. The number of carboxylic acid groups (broad SMARTS) is 1. The number of likely N-dealkylation sites (tertiary alicyclic amines) is 1. The third-order valence-electron chi connectivity index (χ3n) is 4.70. The van der Waals surface area contributed by atoms with Crippen molar-refractivity contribution in [3.05, 3.63) is 0 Å². The van der Waals surface area contributed by atoms with Crippen molar-refractivity contribution in [1.29, 1.82) is 0 Å². The molecule has 0 radical (unpaired) electrons. The van der Waals surface area contributed by atoms with Crippen molar-refractivity contribution in [1.82, 2.24) is 10.2 Å². The van der Waals surface area contributed by atoms with Gasteiger partial charge < -0.3 is 15.3 Å². The first-order valence-corrected chi connectivity index (χ1v) is 7.81. The molecule has 0 spiro atoms. The van der Waals surface area contributed by atoms with Crippen molar-refractivity contribution in [2.75, 3.05) is 6.54 Å². The number of nitrogens with zero attached hydrogens (tertiary/aromatic N) is 1. The molecule has 114 valence electrons. The lowest BCUT2D eigenvalue weighted by atomic mass is 9.97. The van der Waals surface area contributed by atoms with E-state index in [1.54, 1.807) is 0 Å². The van der Waals surface area contributed by atoms with E-state index in [1.807, 2.05) is 4.90 Å². The van der Waals surface area contributed by atoms with E-state index in [0.717, 1.165) is 38.6 Å². The van der Waals surface area contributed by atoms with Crippen LogP contribution in [0.2, 0.25) is 0 Å². The normalized spacial score (nSPS) is 25.4. The van der Waals surface area contributed by atoms with E-state index in [0.29, 0.717) is 6.42 Å². The molecule has 0 aromatic carbocycles. The van der Waals surface area contributed by atoms with Crippen LogP contribution in [0.25, 0.3) is 0 Å². The van der Waals surface area contributed by atoms with E-state index >= 15 is 0 Å². The molecule has 1 heterocycles. The van der Waals surface area contributed by atoms with Crippen LogP contribution in [0.5, 0.6) is 0 Å². The van der Waals surface area contributed by atoms with Crippen LogP contribution >= 0.6 is 0 Å². The van der Waals surface area contributed by atoms with Crippen molar-refractivity contribution in [2.24, 2.45) is 0 Å². The zero-order valence-corrected chi connectivity index (χ0v) is 12.4. The summed E-state index contributed by atoms with van der Waals surface area (Å²) in [6.45, 7) is 2.88. The van der Waals surface area contributed by atoms with Crippen molar-refractivity contribution in [3.63, 3.8) is 0 Å². The molecule has 2 amide bonds. The van der Waals surface area contributed by atoms with Crippen LogP contribution in [0.1, 0.15) is 64.7 Å². The van der Waals surface area contributed by atoms with Crippen LogP contribution < -0.4 is 5.32 Å². The second-order valence-electron chi connectivity index (χ2n) is 6.47. The van der Waals surface area contributed by atoms with E-state index in [4.69, 9.17) is 5.11 Å². The van der Waals surface area contributed by atoms with E-state index < -0.39 is 5.97 Å². The number of aliphatic carboxylic acids is 1. The third kappa shape index (κ3) is 3.87. The van der Waals surface area contributed by atoms with Gasteiger partial charge in [-0.1, -0.05) is 12.8 Å². The summed E-state index contributed by atoms with van der Waals surface area (Å²) < 4.78 is 0. The van der Waals surface area contributed by atoms with Crippen molar-refractivity contribution < 1.29 is 14.7 Å². The van der Waals surface area contributed by atoms with Gasteiger partial charge in [-0.15, -0.1) is 0 Å². The van der Waals surface area contributed by atoms with Crippen molar-refractivity contribution in [2.45, 2.75) is 76.3 Å². The average Bonchev–Trinajstić information content (AvgIpc) is 2.83. The molecule has 1 unspecified atom stereocenters. The van der Waals surface area contributed by atoms with Gasteiger partial charge in [0.2, 0.25) is 0 Å². The Bertz CT molecular complexity index is 364. The van der Waals surface area contributed by atoms with Crippen LogP contribution in [-0.4, -0.2) is 40.1 Å². The topological polar surface area (TPSA) is 69.6 Å². The molecule has 2 aliphatic rings. The van der Waals surface area contributed by atoms with Crippen molar-refractivity contribution >= 4 is 12.0 Å². The largest absolute Gasteiger partial charge is 0.481 e. The molecule has 0 aromatic heterocycles. The maximum Gasteiger partial charge on any atom is 0.318 e. The Labute approximate surface area is 120 Å². The highest BCUT2D eigenvalue weighted by Gasteiger charge is 2.34. The fraction of sp³-hybridized carbons (Fsp3) is 0.867. The fourth-order valence-electron chi connectivity index (χ4n) is 3.47. The van der Waals surface area contributed by atoms with Crippen molar-refractivity contribution in [3.8, 4) is 0 Å². The van der Waals surface area contributed by atoms with Crippen LogP contribution in [0.3, 0.4) is 0 Å². The summed E-state index contributed by atoms with van der Waals surface area (Å²) in [5.74, 6) is -0.779. The monoisotopic (exact) mass is 282 g/mol. The zero-order valence-electron chi connectivity index (χ0n) is 12.4. The van der Waals surface area contributed by atoms with Crippen LogP contribution in [-0.2, 0) is 4.79 Å². The highest BCUT2D eigenvalue weighted by molar-refractivity contribution is 5.75. The molecule has 1 aliphatic heterocycles. The molecule has 0 bridgehead atoms. The number of carbonyl (C=O) groups excluding carboxylic acids is 1. The quantitative estimate of drug-likeness (QED) is 0.833. The van der Waals surface area contributed by atoms with Gasteiger partial charge in [0.25, 0.3) is 0 Å². The lowest BCUT2D eigenvalue weighted by molar-refractivity contribution is -0.137. The van der Waals surface area contributed by atoms with E-state index in [2.05, 4.69) is 12.2 Å². The van der Waals surface area contributed by atoms with Gasteiger partial charge in [-0.2, -0.15) is 0 Å². The van der Waals surface area contributed by atoms with E-state index in [-0.39, 0.29) is 24.0 Å². The van der Waals surface area contributed by atoms with Gasteiger partial charge >= 0.3 is 12.0 Å². The summed E-state index contributed by atoms with van der Waals surface area (Å²) in [4.78, 5) is 25.1. The lowest BCUT2D eigenvalue weighted by Gasteiger charge is -2.38. The molecular formula is C15H26N2O3. The van der Waals surface area contributed by atoms with E-state index in [1.165, 1.54) is 12.8 Å². The van der Waals surface area contributed by atoms with Gasteiger partial charge in [0.05, 0.1) is 0 Å². The second kappa shape index (κ2) is 6.46. The average molecular weight is 282 g/mol. The standard InChI is InChI=1S/C15H26N2O3/c1-15(9-3-4-10-15)16-14(20)17-11-5-2-6-12(17)7-8-13(18)19/h12H,2-11H2,1H3,(H,16,20)(H,18,19). The predicted molar refractivity (Wildman–Crippen MR) is 76.6 cm³/mol. The van der Waals surface area contributed by atoms with Gasteiger partial charge in [0.15, 0.2) is 0 Å². The summed E-state index contributed by atoms with van der Waals surface area (Å²) in [6, 6.07) is 0.0920. The summed E-state index contributed by atoms with van der Waals surface area (Å²) in [7, 11) is 0. The Balaban J connectivity index is 1.92. The van der Waals surface area contributed by atoms with Gasteiger partial charge in [-0.25, -0.2) is 4.79 Å². The molecule has 2 rings (SSSR count). The van der Waals surface area contributed by atoms with Crippen LogP contribution in [0.15, 0.2) is 0 Å². The second-order valence-corrected chi connectivity index (χ2v) is 6.47. The molecule has 1 saturated carbocycles. The molecule has 1 saturated heterocycles. The fourth-order valence-corrected chi connectivity index (χ4v) is 3.47. The summed E-state index contributed by atoms with van der Waals surface area (Å²) in [5, 5.41) is 12.0. The van der Waals surface area contributed by atoms with E-state index in [9.17, 15) is 9.59 Å². The summed E-state index contributed by atoms with van der Waals surface area (Å²) in [6.07, 6.45) is 8.21. The first kappa shape index (κ1) is 15.1. The zero-order chi connectivity index (χ0) is 14.6. The number of carboxylic acids is 1. The number of urea groups is 1. The molecule has 1 aliphatic carbocycles. The van der Waals surface area contributed by atoms with Gasteiger partial charge in [0.1, 0.15) is 0 Å². The van der Waals surface area contributed by atoms with Gasteiger partial charge in [-0.05, 0) is 45.4 Å². The Morgan fingerprint density at radius 3 is 2.60 bits per heavy atom. The van der Waals surface area contributed by atoms with Gasteiger partial charge in [0, 0.05) is 24.5 Å². The van der Waals surface area contributed by atoms with Crippen LogP contribution in [0.4, 0.5) is 4.79 Å². The number of hydrogen-bond acceptors (Lipinski definition) is 2. The number of nitrogens with one attached hydrogen (secondary N) is 1. The highest BCUT2D eigenvalue weighted by Crippen LogP contribution is 2.30. The summed E-state index contributed by atoms with van der Waals surface area (Å²) in [5.41, 5.74) is -0.0636. The molecule has 1 atom stereocenters. The Hall–Kier alpha value is -1.26. The predicted octanol–water partition coefficient (Wildman–Crippen LogP) is 2.75. The smallest absolute Gasteiger partial charge is 0.318 e. The summed E-state index contributed by atoms with van der Waals surface area (Å²) >= 11 is 0. The number of rotatable bonds is 4. The molecule has 0 aromatic rings. The molecule has 2 fully saturated rings. The maximum absolute atomic E-state index is 12.5. The highest BCUT2D eigenvalue weighted by atomic mass is 16.4. The number of piperidine rings is 1. The SMILES string of the molecule is CC1(NC(=O)N2CCCCC2CCC(=O)O)CCCC1. The minimum atomic E-state index is -0.779. The molecular weight excluding hydrogens is 256 g/mol. The Morgan fingerprint density at radius 1 is 1.25 bits per heavy atom. The minimum absolute atomic E-state index is 0.00416. The minimum Gasteiger partial charge on any atom is -0.481 e. The number of carbonyl (C=O) groups is 2. The molecule has 20 heavy (non-hydrogen) atoms. The first-order valence-electron chi connectivity index (χ1n) is 7.81. The van der Waals surface area contributed by atoms with Gasteiger partial charge in [-0.3, -0.25) is 4.79 Å². The van der Waals surface area contributed by atoms with Crippen LogP contribution in [0, 0.1) is 0 Å². The third-order valence-corrected chi connectivity index (χ3v) is 4.70. The molecule has 2 N–H and O–H groups in total.